The lowest BCUT2D eigenvalue weighted by Crippen LogP contribution is -2.33. The van der Waals surface area contributed by atoms with Crippen molar-refractivity contribution in [1.82, 2.24) is 9.80 Å². The maximum Gasteiger partial charge on any atom is 0.344 e. The van der Waals surface area contributed by atoms with Crippen molar-refractivity contribution in [2.24, 2.45) is 5.92 Å². The Morgan fingerprint density at radius 2 is 1.40 bits per heavy atom. The molecule has 45 heavy (non-hydrogen) atoms. The Hall–Kier alpha value is -2.97. The summed E-state index contributed by atoms with van der Waals surface area (Å²) in [5.74, 6) is 0.942. The number of hydrogen-bond acceptors (Lipinski definition) is 6. The topological polar surface area (TPSA) is 59.1 Å². The molecule has 0 aliphatic carbocycles. The summed E-state index contributed by atoms with van der Waals surface area (Å²) in [4.78, 5) is 29.5. The second-order valence-corrected chi connectivity index (χ2v) is 11.8. The van der Waals surface area contributed by atoms with Gasteiger partial charge in [-0.05, 0) is 111 Å². The summed E-state index contributed by atoms with van der Waals surface area (Å²) in [5, 5.41) is 0. The van der Waals surface area contributed by atoms with Crippen LogP contribution >= 0.6 is 24.8 Å². The van der Waals surface area contributed by atoms with Gasteiger partial charge in [0.05, 0.1) is 6.61 Å². The Morgan fingerprint density at radius 1 is 0.800 bits per heavy atom. The lowest BCUT2D eigenvalue weighted by atomic mass is 9.89. The van der Waals surface area contributed by atoms with Crippen molar-refractivity contribution in [2.45, 2.75) is 58.5 Å². The third-order valence-corrected chi connectivity index (χ3v) is 8.72. The average molecular weight is 660 g/mol. The molecule has 0 saturated carbocycles. The van der Waals surface area contributed by atoms with Crippen molar-refractivity contribution in [2.75, 3.05) is 39.4 Å². The summed E-state index contributed by atoms with van der Waals surface area (Å²) in [6.07, 6.45) is 5.68. The van der Waals surface area contributed by atoms with E-state index in [0.717, 1.165) is 82.5 Å². The van der Waals surface area contributed by atoms with Gasteiger partial charge in [0.2, 0.25) is 0 Å². The minimum absolute atomic E-state index is 0. The van der Waals surface area contributed by atoms with Crippen LogP contribution in [0.2, 0.25) is 0 Å². The Bertz CT molecular complexity index is 1360. The molecule has 5 rings (SSSR count). The predicted molar refractivity (Wildman–Crippen MR) is 180 cm³/mol. The molecule has 2 aliphatic rings. The first-order valence-electron chi connectivity index (χ1n) is 15.7. The fourth-order valence-corrected chi connectivity index (χ4v) is 6.16. The van der Waals surface area contributed by atoms with Crippen LogP contribution in [0.1, 0.15) is 65.2 Å². The molecule has 0 atom stereocenters. The van der Waals surface area contributed by atoms with Crippen molar-refractivity contribution in [3.63, 3.8) is 0 Å². The molecule has 0 N–H and O–H groups in total. The van der Waals surface area contributed by atoms with E-state index >= 15 is 0 Å². The first-order chi connectivity index (χ1) is 20.9. The van der Waals surface area contributed by atoms with Gasteiger partial charge in [0.15, 0.2) is 12.4 Å². The van der Waals surface area contributed by atoms with Crippen LogP contribution in [0, 0.1) is 11.7 Å². The molecule has 0 spiro atoms. The summed E-state index contributed by atoms with van der Waals surface area (Å²) in [6, 6.07) is 21.0. The molecule has 1 fully saturated rings. The number of nitrogens with zero attached hydrogens (tertiary/aromatic N) is 2. The highest BCUT2D eigenvalue weighted by Crippen LogP contribution is 2.26. The van der Waals surface area contributed by atoms with Crippen LogP contribution in [-0.4, -0.2) is 60.9 Å². The lowest BCUT2D eigenvalue weighted by molar-refractivity contribution is -0.145. The summed E-state index contributed by atoms with van der Waals surface area (Å²) in [6.45, 7) is 7.74. The summed E-state index contributed by atoms with van der Waals surface area (Å²) < 4.78 is 23.7. The Labute approximate surface area is 279 Å². The van der Waals surface area contributed by atoms with E-state index in [4.69, 9.17) is 9.47 Å². The number of ketones is 1. The van der Waals surface area contributed by atoms with Gasteiger partial charge in [-0.3, -0.25) is 14.6 Å². The monoisotopic (exact) mass is 658 g/mol. The van der Waals surface area contributed by atoms with E-state index in [0.29, 0.717) is 24.7 Å². The highest BCUT2D eigenvalue weighted by molar-refractivity contribution is 5.96. The standard InChI is InChI=1S/C36H43FN2O4.2ClH/c1-2-42-36(41)26-43-34-12-5-29(6-13-34)25-38-19-15-27(16-20-38)7-14-35(40)32-9-8-30-17-21-39(22-18-31(30)23-32)24-28-3-10-33(37)11-4-28;;/h3-6,8-13,23,27H,2,7,14-22,24-26H2,1H3;2*1H. The molecule has 0 amide bonds. The SMILES string of the molecule is CCOC(=O)COc1ccc(CN2CCC(CCC(=O)c3ccc4c(c3)CCN(Cc3ccc(F)cc3)CC4)CC2)cc1.Cl.Cl. The van der Waals surface area contributed by atoms with E-state index in [9.17, 15) is 14.0 Å². The zero-order valence-corrected chi connectivity index (χ0v) is 27.7. The number of carbonyl (C=O) groups excluding carboxylic acids is 2. The van der Waals surface area contributed by atoms with Crippen LogP contribution in [0.5, 0.6) is 5.75 Å². The first-order valence-corrected chi connectivity index (χ1v) is 15.7. The molecule has 6 nitrogen and oxygen atoms in total. The molecule has 0 aromatic heterocycles. The maximum absolute atomic E-state index is 13.3. The second-order valence-electron chi connectivity index (χ2n) is 11.8. The van der Waals surface area contributed by atoms with Crippen LogP contribution in [0.25, 0.3) is 0 Å². The second kappa shape index (κ2) is 18.2. The normalized spacial score (nSPS) is 15.6. The zero-order valence-electron chi connectivity index (χ0n) is 26.0. The highest BCUT2D eigenvalue weighted by Gasteiger charge is 2.21. The van der Waals surface area contributed by atoms with Gasteiger partial charge in [0.1, 0.15) is 11.6 Å². The quantitative estimate of drug-likeness (QED) is 0.153. The number of hydrogen-bond donors (Lipinski definition) is 0. The highest BCUT2D eigenvalue weighted by atomic mass is 35.5. The molecule has 0 unspecified atom stereocenters. The third kappa shape index (κ3) is 11.1. The molecular formula is C36H45Cl2FN2O4. The van der Waals surface area contributed by atoms with Gasteiger partial charge in [-0.1, -0.05) is 36.4 Å². The number of halogens is 3. The molecule has 0 radical (unpaired) electrons. The van der Waals surface area contributed by atoms with Gasteiger partial charge in [-0.15, -0.1) is 24.8 Å². The van der Waals surface area contributed by atoms with Gasteiger partial charge in [0, 0.05) is 38.2 Å². The van der Waals surface area contributed by atoms with Gasteiger partial charge in [-0.2, -0.15) is 0 Å². The van der Waals surface area contributed by atoms with Crippen molar-refractivity contribution in [1.29, 1.82) is 0 Å². The number of Topliss-reactive ketones (excluding diaryl/α,β-unsaturated/α-hetero) is 1. The third-order valence-electron chi connectivity index (χ3n) is 8.72. The van der Waals surface area contributed by atoms with Crippen molar-refractivity contribution >= 4 is 36.6 Å². The minimum atomic E-state index is -0.360. The number of esters is 1. The predicted octanol–water partition coefficient (Wildman–Crippen LogP) is 7.09. The molecule has 9 heteroatoms. The number of carbonyl (C=O) groups is 2. The smallest absolute Gasteiger partial charge is 0.344 e. The molecule has 3 aromatic rings. The van der Waals surface area contributed by atoms with E-state index in [-0.39, 0.29) is 49.0 Å². The van der Waals surface area contributed by atoms with E-state index in [1.54, 1.807) is 6.92 Å². The number of ether oxygens (including phenoxy) is 2. The summed E-state index contributed by atoms with van der Waals surface area (Å²) in [5.41, 5.74) is 5.82. The number of piperidine rings is 1. The largest absolute Gasteiger partial charge is 0.482 e. The lowest BCUT2D eigenvalue weighted by Gasteiger charge is -2.32. The van der Waals surface area contributed by atoms with Gasteiger partial charge >= 0.3 is 5.97 Å². The van der Waals surface area contributed by atoms with Gasteiger partial charge in [0.25, 0.3) is 0 Å². The molecule has 1 saturated heterocycles. The summed E-state index contributed by atoms with van der Waals surface area (Å²) >= 11 is 0. The average Bonchev–Trinajstić information content (AvgIpc) is 3.23. The van der Waals surface area contributed by atoms with Crippen LogP contribution in [0.15, 0.2) is 66.7 Å². The van der Waals surface area contributed by atoms with Crippen molar-refractivity contribution in [3.05, 3.63) is 100 Å². The molecule has 3 aromatic carbocycles. The fraction of sp³-hybridized carbons (Fsp3) is 0.444. The number of rotatable bonds is 12. The van der Waals surface area contributed by atoms with Crippen molar-refractivity contribution in [3.8, 4) is 5.75 Å². The first kappa shape index (κ1) is 36.5. The van der Waals surface area contributed by atoms with E-state index in [1.165, 1.54) is 28.8 Å². The Morgan fingerprint density at radius 3 is 2.04 bits per heavy atom. The Kier molecular flexibility index (Phi) is 14.8. The molecule has 0 bridgehead atoms. The van der Waals surface area contributed by atoms with Crippen LogP contribution in [0.4, 0.5) is 4.39 Å². The van der Waals surface area contributed by atoms with Crippen LogP contribution in [-0.2, 0) is 35.5 Å². The Balaban J connectivity index is 0.00000276. The van der Waals surface area contributed by atoms with Gasteiger partial charge < -0.3 is 9.47 Å². The van der Waals surface area contributed by atoms with Crippen LogP contribution < -0.4 is 4.74 Å². The van der Waals surface area contributed by atoms with E-state index < -0.39 is 0 Å². The molecule has 2 aliphatic heterocycles. The van der Waals surface area contributed by atoms with E-state index in [2.05, 4.69) is 34.1 Å². The molecular weight excluding hydrogens is 614 g/mol. The van der Waals surface area contributed by atoms with Crippen LogP contribution in [0.3, 0.4) is 0 Å². The fourth-order valence-electron chi connectivity index (χ4n) is 6.16. The van der Waals surface area contributed by atoms with E-state index in [1.807, 2.05) is 30.3 Å². The number of fused-ring (bicyclic) bond motifs is 1. The number of benzene rings is 3. The molecule has 244 valence electrons. The van der Waals surface area contributed by atoms with Gasteiger partial charge in [-0.25, -0.2) is 9.18 Å². The molecule has 2 heterocycles. The number of likely N-dealkylation sites (tertiary alicyclic amines) is 1. The minimum Gasteiger partial charge on any atom is -0.482 e. The maximum atomic E-state index is 13.3. The summed E-state index contributed by atoms with van der Waals surface area (Å²) in [7, 11) is 0. The zero-order chi connectivity index (χ0) is 30.0. The van der Waals surface area contributed by atoms with Crippen molar-refractivity contribution < 1.29 is 23.5 Å².